The van der Waals surface area contributed by atoms with Gasteiger partial charge in [0, 0.05) is 11.5 Å². The van der Waals surface area contributed by atoms with Crippen LogP contribution in [0.2, 0.25) is 0 Å². The summed E-state index contributed by atoms with van der Waals surface area (Å²) in [5.74, 6) is 0.357. The number of nitriles is 1. The average molecular weight is 241 g/mol. The van der Waals surface area contributed by atoms with Gasteiger partial charge in [0.1, 0.15) is 5.82 Å². The molecule has 2 N–H and O–H groups in total. The molecule has 0 heterocycles. The van der Waals surface area contributed by atoms with Crippen LogP contribution in [0.1, 0.15) is 11.1 Å². The summed E-state index contributed by atoms with van der Waals surface area (Å²) in [7, 11) is 0. The first-order valence-electron chi connectivity index (χ1n) is 4.72. The number of aliphatic hydroxyl groups is 2. The van der Waals surface area contributed by atoms with Gasteiger partial charge in [0.05, 0.1) is 24.3 Å². The Balaban J connectivity index is 2.56. The van der Waals surface area contributed by atoms with Gasteiger partial charge >= 0.3 is 0 Å². The van der Waals surface area contributed by atoms with E-state index in [9.17, 15) is 4.39 Å². The molecule has 0 radical (unpaired) electrons. The molecule has 0 saturated carbocycles. The molecule has 0 amide bonds. The van der Waals surface area contributed by atoms with Gasteiger partial charge in [-0.3, -0.25) is 0 Å². The van der Waals surface area contributed by atoms with Crippen LogP contribution in [0.4, 0.5) is 4.39 Å². The molecule has 1 aromatic carbocycles. The summed E-state index contributed by atoms with van der Waals surface area (Å²) in [5.41, 5.74) is 0.855. The molecule has 0 bridgehead atoms. The molecule has 86 valence electrons. The molecule has 1 unspecified atom stereocenters. The molecule has 1 atom stereocenters. The van der Waals surface area contributed by atoms with Crippen LogP contribution in [0.3, 0.4) is 0 Å². The number of hydrogen-bond donors (Lipinski definition) is 2. The van der Waals surface area contributed by atoms with Crippen molar-refractivity contribution in [3.05, 3.63) is 35.1 Å². The number of halogens is 1. The van der Waals surface area contributed by atoms with Crippen molar-refractivity contribution in [2.45, 2.75) is 11.9 Å². The first-order chi connectivity index (χ1) is 7.67. The summed E-state index contributed by atoms with van der Waals surface area (Å²) in [4.78, 5) is 0. The van der Waals surface area contributed by atoms with Crippen LogP contribution in [-0.4, -0.2) is 28.7 Å². The van der Waals surface area contributed by atoms with Crippen LogP contribution in [-0.2, 0) is 5.75 Å². The van der Waals surface area contributed by atoms with E-state index in [0.29, 0.717) is 22.6 Å². The molecule has 16 heavy (non-hydrogen) atoms. The predicted molar refractivity (Wildman–Crippen MR) is 60.4 cm³/mol. The number of hydrogen-bond acceptors (Lipinski definition) is 4. The third-order valence-electron chi connectivity index (χ3n) is 1.95. The molecule has 0 aromatic heterocycles. The smallest absolute Gasteiger partial charge is 0.127 e. The van der Waals surface area contributed by atoms with Gasteiger partial charge in [-0.05, 0) is 23.8 Å². The molecule has 0 fully saturated rings. The number of nitrogens with zero attached hydrogens (tertiary/aromatic N) is 1. The van der Waals surface area contributed by atoms with Crippen molar-refractivity contribution in [3.8, 4) is 6.07 Å². The van der Waals surface area contributed by atoms with E-state index in [0.717, 1.165) is 0 Å². The minimum atomic E-state index is -0.785. The van der Waals surface area contributed by atoms with Crippen LogP contribution in [0, 0.1) is 17.1 Å². The van der Waals surface area contributed by atoms with Gasteiger partial charge in [-0.25, -0.2) is 4.39 Å². The SMILES string of the molecule is N#Cc1ccc(F)c(CSCC(O)CO)c1. The Hall–Kier alpha value is -1.09. The Kier molecular flexibility index (Phi) is 5.26. The number of rotatable bonds is 5. The largest absolute Gasteiger partial charge is 0.394 e. The maximum atomic E-state index is 13.3. The lowest BCUT2D eigenvalue weighted by Gasteiger charge is -2.07. The van der Waals surface area contributed by atoms with E-state index in [4.69, 9.17) is 15.5 Å². The fourth-order valence-corrected chi connectivity index (χ4v) is 2.05. The fraction of sp³-hybridized carbons (Fsp3) is 0.364. The van der Waals surface area contributed by atoms with Gasteiger partial charge in [0.15, 0.2) is 0 Å². The second kappa shape index (κ2) is 6.48. The molecular formula is C11H12FNO2S. The zero-order valence-electron chi connectivity index (χ0n) is 8.56. The predicted octanol–water partition coefficient (Wildman–Crippen LogP) is 1.28. The van der Waals surface area contributed by atoms with Crippen molar-refractivity contribution < 1.29 is 14.6 Å². The highest BCUT2D eigenvalue weighted by atomic mass is 32.2. The van der Waals surface area contributed by atoms with Crippen molar-refractivity contribution in [1.29, 1.82) is 5.26 Å². The zero-order valence-corrected chi connectivity index (χ0v) is 9.38. The van der Waals surface area contributed by atoms with Gasteiger partial charge in [0.2, 0.25) is 0 Å². The van der Waals surface area contributed by atoms with E-state index < -0.39 is 6.10 Å². The molecule has 0 aliphatic rings. The molecule has 0 aliphatic carbocycles. The quantitative estimate of drug-likeness (QED) is 0.815. The van der Waals surface area contributed by atoms with Crippen molar-refractivity contribution >= 4 is 11.8 Å². The van der Waals surface area contributed by atoms with E-state index in [1.54, 1.807) is 0 Å². The second-order valence-electron chi connectivity index (χ2n) is 3.27. The van der Waals surface area contributed by atoms with Gasteiger partial charge in [-0.15, -0.1) is 0 Å². The highest BCUT2D eigenvalue weighted by molar-refractivity contribution is 7.98. The summed E-state index contributed by atoms with van der Waals surface area (Å²) in [5, 5.41) is 26.3. The molecule has 0 aliphatic heterocycles. The number of benzene rings is 1. The molecule has 3 nitrogen and oxygen atoms in total. The fourth-order valence-electron chi connectivity index (χ4n) is 1.11. The molecule has 1 rings (SSSR count). The van der Waals surface area contributed by atoms with Crippen LogP contribution in [0.25, 0.3) is 0 Å². The summed E-state index contributed by atoms with van der Waals surface area (Å²) < 4.78 is 13.3. The van der Waals surface area contributed by atoms with Crippen molar-refractivity contribution in [2.24, 2.45) is 0 Å². The normalized spacial score (nSPS) is 12.1. The van der Waals surface area contributed by atoms with Crippen LogP contribution >= 0.6 is 11.8 Å². The van der Waals surface area contributed by atoms with Gasteiger partial charge in [-0.1, -0.05) is 0 Å². The highest BCUT2D eigenvalue weighted by Gasteiger charge is 2.06. The van der Waals surface area contributed by atoms with E-state index in [1.807, 2.05) is 6.07 Å². The lowest BCUT2D eigenvalue weighted by Crippen LogP contribution is -2.14. The molecule has 5 heteroatoms. The molecule has 0 saturated heterocycles. The van der Waals surface area contributed by atoms with Crippen molar-refractivity contribution in [1.82, 2.24) is 0 Å². The second-order valence-corrected chi connectivity index (χ2v) is 4.30. The third kappa shape index (κ3) is 3.81. The standard InChI is InChI=1S/C11H12FNO2S/c12-11-2-1-8(4-13)3-9(11)6-16-7-10(15)5-14/h1-3,10,14-15H,5-7H2. The van der Waals surface area contributed by atoms with Crippen LogP contribution in [0.15, 0.2) is 18.2 Å². The molecule has 0 spiro atoms. The summed E-state index contributed by atoms with van der Waals surface area (Å²) in [6.45, 7) is -0.298. The van der Waals surface area contributed by atoms with E-state index in [-0.39, 0.29) is 12.4 Å². The Morgan fingerprint density at radius 2 is 2.25 bits per heavy atom. The van der Waals surface area contributed by atoms with Crippen LogP contribution in [0.5, 0.6) is 0 Å². The van der Waals surface area contributed by atoms with E-state index >= 15 is 0 Å². The maximum absolute atomic E-state index is 13.3. The monoisotopic (exact) mass is 241 g/mol. The first-order valence-corrected chi connectivity index (χ1v) is 5.88. The Morgan fingerprint density at radius 3 is 2.88 bits per heavy atom. The Labute approximate surface area is 97.5 Å². The lowest BCUT2D eigenvalue weighted by atomic mass is 10.1. The minimum absolute atomic E-state index is 0.298. The maximum Gasteiger partial charge on any atom is 0.127 e. The van der Waals surface area contributed by atoms with Crippen LogP contribution < -0.4 is 0 Å². The van der Waals surface area contributed by atoms with Gasteiger partial charge < -0.3 is 10.2 Å². The first kappa shape index (κ1) is 13.0. The van der Waals surface area contributed by atoms with E-state index in [1.165, 1.54) is 30.0 Å². The lowest BCUT2D eigenvalue weighted by molar-refractivity contribution is 0.113. The summed E-state index contributed by atoms with van der Waals surface area (Å²) in [6, 6.07) is 6.12. The number of thioether (sulfide) groups is 1. The van der Waals surface area contributed by atoms with Crippen molar-refractivity contribution in [3.63, 3.8) is 0 Å². The third-order valence-corrected chi connectivity index (χ3v) is 3.09. The summed E-state index contributed by atoms with van der Waals surface area (Å²) >= 11 is 1.31. The average Bonchev–Trinajstić information content (AvgIpc) is 2.31. The number of aliphatic hydroxyl groups excluding tert-OH is 2. The van der Waals surface area contributed by atoms with Gasteiger partial charge in [0.25, 0.3) is 0 Å². The highest BCUT2D eigenvalue weighted by Crippen LogP contribution is 2.17. The van der Waals surface area contributed by atoms with Crippen molar-refractivity contribution in [2.75, 3.05) is 12.4 Å². The van der Waals surface area contributed by atoms with E-state index in [2.05, 4.69) is 0 Å². The van der Waals surface area contributed by atoms with Gasteiger partial charge in [-0.2, -0.15) is 17.0 Å². The molecule has 1 aromatic rings. The Bertz CT molecular complexity index is 392. The zero-order chi connectivity index (χ0) is 12.0. The minimum Gasteiger partial charge on any atom is -0.394 e. The molecular weight excluding hydrogens is 229 g/mol. The topological polar surface area (TPSA) is 64.2 Å². The summed E-state index contributed by atoms with van der Waals surface area (Å²) in [6.07, 6.45) is -0.785. The Morgan fingerprint density at radius 1 is 1.50 bits per heavy atom.